The van der Waals surface area contributed by atoms with Crippen LogP contribution in [0.15, 0.2) is 78.0 Å². The lowest BCUT2D eigenvalue weighted by Gasteiger charge is -2.06. The molecule has 2 aromatic heterocycles. The highest BCUT2D eigenvalue weighted by molar-refractivity contribution is 5.95. The molecule has 0 aliphatic rings. The molecule has 2 heterocycles. The molecule has 0 fully saturated rings. The Labute approximate surface area is 149 Å². The van der Waals surface area contributed by atoms with Gasteiger partial charge in [0.15, 0.2) is 11.4 Å². The molecule has 26 heavy (non-hydrogen) atoms. The number of ketones is 1. The summed E-state index contributed by atoms with van der Waals surface area (Å²) in [5.41, 5.74) is 1.79. The Balaban J connectivity index is 1.61. The van der Waals surface area contributed by atoms with E-state index in [9.17, 15) is 9.59 Å². The summed E-state index contributed by atoms with van der Waals surface area (Å²) in [5, 5.41) is 4.72. The molecule has 128 valence electrons. The molecular formula is C20H16N4O2. The van der Waals surface area contributed by atoms with Crippen molar-refractivity contribution in [2.24, 2.45) is 0 Å². The quantitative estimate of drug-likeness (QED) is 0.522. The van der Waals surface area contributed by atoms with E-state index in [1.54, 1.807) is 16.8 Å². The molecule has 6 nitrogen and oxygen atoms in total. The van der Waals surface area contributed by atoms with E-state index in [-0.39, 0.29) is 24.3 Å². The van der Waals surface area contributed by atoms with E-state index in [0.29, 0.717) is 16.6 Å². The zero-order valence-electron chi connectivity index (χ0n) is 13.9. The molecule has 6 heteroatoms. The van der Waals surface area contributed by atoms with Crippen LogP contribution in [0.5, 0.6) is 0 Å². The fraction of sp³-hybridized carbons (Fsp3) is 0.100. The predicted molar refractivity (Wildman–Crippen MR) is 98.5 cm³/mol. The van der Waals surface area contributed by atoms with Crippen LogP contribution in [0.4, 0.5) is 0 Å². The van der Waals surface area contributed by atoms with Crippen molar-refractivity contribution >= 4 is 16.8 Å². The molecule has 0 aliphatic heterocycles. The first-order valence-corrected chi connectivity index (χ1v) is 8.31. The molecule has 4 rings (SSSR count). The number of nitrogens with zero attached hydrogens (tertiary/aromatic N) is 4. The minimum atomic E-state index is -0.196. The van der Waals surface area contributed by atoms with Crippen LogP contribution < -0.4 is 5.56 Å². The van der Waals surface area contributed by atoms with Crippen molar-refractivity contribution in [1.29, 1.82) is 0 Å². The van der Waals surface area contributed by atoms with Crippen LogP contribution in [-0.2, 0) is 6.54 Å². The van der Waals surface area contributed by atoms with Crippen molar-refractivity contribution in [2.75, 3.05) is 0 Å². The van der Waals surface area contributed by atoms with Gasteiger partial charge in [-0.1, -0.05) is 48.5 Å². The van der Waals surface area contributed by atoms with Gasteiger partial charge in [0.1, 0.15) is 5.39 Å². The number of aryl methyl sites for hydroxylation is 1. The third-order valence-corrected chi connectivity index (χ3v) is 4.23. The summed E-state index contributed by atoms with van der Waals surface area (Å²) < 4.78 is 3.09. The second kappa shape index (κ2) is 6.76. The molecule has 0 saturated heterocycles. The van der Waals surface area contributed by atoms with E-state index in [0.717, 1.165) is 5.69 Å². The third kappa shape index (κ3) is 2.93. The molecule has 0 aliphatic carbocycles. The summed E-state index contributed by atoms with van der Waals surface area (Å²) in [6.45, 7) is 0.284. The van der Waals surface area contributed by atoms with Gasteiger partial charge in [0.2, 0.25) is 0 Å². The van der Waals surface area contributed by atoms with Crippen LogP contribution in [0.25, 0.3) is 16.7 Å². The highest BCUT2D eigenvalue weighted by atomic mass is 16.1. The summed E-state index contributed by atoms with van der Waals surface area (Å²) in [7, 11) is 0. The van der Waals surface area contributed by atoms with Gasteiger partial charge in [-0.25, -0.2) is 9.67 Å². The number of aromatic nitrogens is 4. The van der Waals surface area contributed by atoms with Crippen LogP contribution >= 0.6 is 0 Å². The molecule has 0 unspecified atom stereocenters. The topological polar surface area (TPSA) is 69.8 Å². The SMILES string of the molecule is O=C(CCn1cnc2c(cnn2-c2ccccc2)c1=O)c1ccccc1. The lowest BCUT2D eigenvalue weighted by atomic mass is 10.1. The number of fused-ring (bicyclic) bond motifs is 1. The first kappa shape index (κ1) is 16.0. The summed E-state index contributed by atoms with van der Waals surface area (Å²) in [6.07, 6.45) is 3.24. The summed E-state index contributed by atoms with van der Waals surface area (Å²) >= 11 is 0. The van der Waals surface area contributed by atoms with E-state index >= 15 is 0 Å². The number of hydrogen-bond donors (Lipinski definition) is 0. The second-order valence-electron chi connectivity index (χ2n) is 5.91. The van der Waals surface area contributed by atoms with Crippen molar-refractivity contribution in [3.05, 3.63) is 89.1 Å². The lowest BCUT2D eigenvalue weighted by Crippen LogP contribution is -2.22. The van der Waals surface area contributed by atoms with E-state index in [4.69, 9.17) is 0 Å². The largest absolute Gasteiger partial charge is 0.298 e. The van der Waals surface area contributed by atoms with Crippen LogP contribution in [0.3, 0.4) is 0 Å². The number of Topliss-reactive ketones (excluding diaryl/α,β-unsaturated/α-hetero) is 1. The minimum Gasteiger partial charge on any atom is -0.298 e. The number of carbonyl (C=O) groups is 1. The first-order valence-electron chi connectivity index (χ1n) is 8.31. The van der Waals surface area contributed by atoms with Crippen molar-refractivity contribution in [3.8, 4) is 5.69 Å². The van der Waals surface area contributed by atoms with Gasteiger partial charge < -0.3 is 0 Å². The van der Waals surface area contributed by atoms with Gasteiger partial charge in [0.25, 0.3) is 5.56 Å². The molecule has 0 atom stereocenters. The van der Waals surface area contributed by atoms with Gasteiger partial charge >= 0.3 is 0 Å². The van der Waals surface area contributed by atoms with E-state index in [1.807, 2.05) is 48.5 Å². The molecule has 0 spiro atoms. The summed E-state index contributed by atoms with van der Waals surface area (Å²) in [5.74, 6) is -0.00224. The predicted octanol–water partition coefficient (Wildman–Crippen LogP) is 2.86. The van der Waals surface area contributed by atoms with Crippen molar-refractivity contribution in [1.82, 2.24) is 19.3 Å². The van der Waals surface area contributed by atoms with Gasteiger partial charge in [0.05, 0.1) is 18.2 Å². The van der Waals surface area contributed by atoms with Gasteiger partial charge in [-0.3, -0.25) is 14.2 Å². The molecule has 0 saturated carbocycles. The molecule has 0 N–H and O–H groups in total. The first-order chi connectivity index (χ1) is 12.7. The zero-order valence-corrected chi connectivity index (χ0v) is 13.9. The third-order valence-electron chi connectivity index (χ3n) is 4.23. The summed E-state index contributed by atoms with van der Waals surface area (Å²) in [4.78, 5) is 29.3. The van der Waals surface area contributed by atoms with Crippen LogP contribution in [0.1, 0.15) is 16.8 Å². The van der Waals surface area contributed by atoms with Gasteiger partial charge in [-0.15, -0.1) is 0 Å². The molecule has 0 radical (unpaired) electrons. The fourth-order valence-corrected chi connectivity index (χ4v) is 2.86. The highest BCUT2D eigenvalue weighted by Crippen LogP contribution is 2.13. The number of hydrogen-bond acceptors (Lipinski definition) is 4. The molecule has 2 aromatic carbocycles. The van der Waals surface area contributed by atoms with Crippen LogP contribution in [-0.4, -0.2) is 25.1 Å². The maximum Gasteiger partial charge on any atom is 0.264 e. The zero-order chi connectivity index (χ0) is 17.9. The average molecular weight is 344 g/mol. The lowest BCUT2D eigenvalue weighted by molar-refractivity contribution is 0.0976. The van der Waals surface area contributed by atoms with Gasteiger partial charge in [-0.05, 0) is 12.1 Å². The van der Waals surface area contributed by atoms with Crippen molar-refractivity contribution in [2.45, 2.75) is 13.0 Å². The number of carbonyl (C=O) groups excluding carboxylic acids is 1. The minimum absolute atomic E-state index is 0.00224. The van der Waals surface area contributed by atoms with Crippen molar-refractivity contribution in [3.63, 3.8) is 0 Å². The standard InChI is InChI=1S/C20H16N4O2/c25-18(15-7-3-1-4-8-15)11-12-23-14-21-19-17(20(23)26)13-22-24(19)16-9-5-2-6-10-16/h1-10,13-14H,11-12H2. The Morgan fingerprint density at radius 2 is 1.65 bits per heavy atom. The Bertz CT molecular complexity index is 1110. The Morgan fingerprint density at radius 1 is 0.962 bits per heavy atom. The number of rotatable bonds is 5. The smallest absolute Gasteiger partial charge is 0.264 e. The normalized spacial score (nSPS) is 10.9. The summed E-state index contributed by atoms with van der Waals surface area (Å²) in [6, 6.07) is 18.6. The number of para-hydroxylation sites is 1. The average Bonchev–Trinajstić information content (AvgIpc) is 3.13. The van der Waals surface area contributed by atoms with Crippen LogP contribution in [0.2, 0.25) is 0 Å². The van der Waals surface area contributed by atoms with Crippen LogP contribution in [0, 0.1) is 0 Å². The second-order valence-corrected chi connectivity index (χ2v) is 5.91. The molecular weight excluding hydrogens is 328 g/mol. The van der Waals surface area contributed by atoms with Gasteiger partial charge in [0, 0.05) is 18.5 Å². The molecule has 0 amide bonds. The van der Waals surface area contributed by atoms with E-state index < -0.39 is 0 Å². The Hall–Kier alpha value is -3.54. The molecule has 0 bridgehead atoms. The van der Waals surface area contributed by atoms with Crippen molar-refractivity contribution < 1.29 is 4.79 Å². The Morgan fingerprint density at radius 3 is 2.38 bits per heavy atom. The number of benzene rings is 2. The van der Waals surface area contributed by atoms with E-state index in [1.165, 1.54) is 17.1 Å². The maximum absolute atomic E-state index is 12.7. The fourth-order valence-electron chi connectivity index (χ4n) is 2.86. The van der Waals surface area contributed by atoms with Gasteiger partial charge in [-0.2, -0.15) is 5.10 Å². The monoisotopic (exact) mass is 344 g/mol. The maximum atomic E-state index is 12.7. The van der Waals surface area contributed by atoms with E-state index in [2.05, 4.69) is 10.1 Å². The highest BCUT2D eigenvalue weighted by Gasteiger charge is 2.12. The Kier molecular flexibility index (Phi) is 4.15. The molecule has 4 aromatic rings.